The molecule has 8 heavy (non-hydrogen) atoms. The van der Waals surface area contributed by atoms with E-state index in [9.17, 15) is 4.39 Å². The molecule has 0 aliphatic carbocycles. The summed E-state index contributed by atoms with van der Waals surface area (Å²) in [6.07, 6.45) is 0. The second kappa shape index (κ2) is 2.19. The monoisotopic (exact) mass is 132 g/mol. The second-order valence-corrected chi connectivity index (χ2v) is 2.21. The fraction of sp³-hybridized carbons (Fsp3) is 0.250. The molecular formula is C4H5FN2S. The van der Waals surface area contributed by atoms with Gasteiger partial charge in [-0.25, -0.2) is 4.98 Å². The molecule has 0 aromatic carbocycles. The Hall–Kier alpha value is -0.480. The molecule has 2 nitrogen and oxygen atoms in total. The van der Waals surface area contributed by atoms with Gasteiger partial charge in [0.2, 0.25) is 5.95 Å². The van der Waals surface area contributed by atoms with Crippen LogP contribution in [0.2, 0.25) is 0 Å². The quantitative estimate of drug-likeness (QED) is 0.612. The van der Waals surface area contributed by atoms with Crippen molar-refractivity contribution in [3.8, 4) is 0 Å². The molecule has 0 saturated carbocycles. The maximum atomic E-state index is 12.0. The summed E-state index contributed by atoms with van der Waals surface area (Å²) < 4.78 is 12.0. The normalized spacial score (nSPS) is 9.75. The lowest BCUT2D eigenvalue weighted by atomic mass is 10.7. The fourth-order valence-electron chi connectivity index (χ4n) is 0.382. The van der Waals surface area contributed by atoms with Gasteiger partial charge in [0.15, 0.2) is 0 Å². The van der Waals surface area contributed by atoms with E-state index in [1.165, 1.54) is 16.7 Å². The molecule has 4 heteroatoms. The summed E-state index contributed by atoms with van der Waals surface area (Å²) in [7, 11) is 0. The first kappa shape index (κ1) is 5.65. The number of aromatic nitrogens is 1. The van der Waals surface area contributed by atoms with Crippen LogP contribution >= 0.6 is 11.3 Å². The van der Waals surface area contributed by atoms with E-state index in [1.807, 2.05) is 0 Å². The summed E-state index contributed by atoms with van der Waals surface area (Å²) in [5.74, 6) is -0.435. The van der Waals surface area contributed by atoms with E-state index in [0.29, 0.717) is 11.6 Å². The van der Waals surface area contributed by atoms with E-state index in [4.69, 9.17) is 5.73 Å². The van der Waals surface area contributed by atoms with Gasteiger partial charge in [0.1, 0.15) is 5.01 Å². The molecule has 0 spiro atoms. The summed E-state index contributed by atoms with van der Waals surface area (Å²) in [6, 6.07) is 0. The predicted molar refractivity (Wildman–Crippen MR) is 30.0 cm³/mol. The SMILES string of the molecule is NCc1nc(F)cs1. The Kier molecular flexibility index (Phi) is 1.55. The number of thiazole rings is 1. The van der Waals surface area contributed by atoms with E-state index in [-0.39, 0.29) is 0 Å². The number of nitrogens with zero attached hydrogens (tertiary/aromatic N) is 1. The maximum Gasteiger partial charge on any atom is 0.223 e. The molecule has 0 amide bonds. The minimum absolute atomic E-state index is 0.328. The summed E-state index contributed by atoms with van der Waals surface area (Å²) >= 11 is 1.24. The molecule has 1 aromatic heterocycles. The third-order valence-corrected chi connectivity index (χ3v) is 1.54. The largest absolute Gasteiger partial charge is 0.325 e. The highest BCUT2D eigenvalue weighted by molar-refractivity contribution is 7.09. The minimum Gasteiger partial charge on any atom is -0.325 e. The van der Waals surface area contributed by atoms with Crippen LogP contribution in [-0.4, -0.2) is 4.98 Å². The molecule has 0 bridgehead atoms. The molecule has 44 valence electrons. The fourth-order valence-corrected chi connectivity index (χ4v) is 0.904. The number of hydrogen-bond acceptors (Lipinski definition) is 3. The molecule has 2 N–H and O–H groups in total. The van der Waals surface area contributed by atoms with Crippen molar-refractivity contribution in [2.45, 2.75) is 6.54 Å². The van der Waals surface area contributed by atoms with E-state index in [1.54, 1.807) is 0 Å². The Bertz CT molecular complexity index is 174. The summed E-state index contributed by atoms with van der Waals surface area (Å²) in [5.41, 5.74) is 5.14. The molecule has 0 aliphatic rings. The molecule has 0 fully saturated rings. The average molecular weight is 132 g/mol. The van der Waals surface area contributed by atoms with Crippen molar-refractivity contribution in [1.29, 1.82) is 0 Å². The van der Waals surface area contributed by atoms with Crippen LogP contribution in [0.5, 0.6) is 0 Å². The van der Waals surface area contributed by atoms with E-state index in [2.05, 4.69) is 4.98 Å². The second-order valence-electron chi connectivity index (χ2n) is 1.27. The third-order valence-electron chi connectivity index (χ3n) is 0.698. The molecular weight excluding hydrogens is 127 g/mol. The van der Waals surface area contributed by atoms with Gasteiger partial charge in [0, 0.05) is 11.9 Å². The van der Waals surface area contributed by atoms with Crippen LogP contribution in [-0.2, 0) is 6.54 Å². The van der Waals surface area contributed by atoms with Crippen LogP contribution in [0, 0.1) is 5.95 Å². The van der Waals surface area contributed by atoms with Crippen molar-refractivity contribution >= 4 is 11.3 Å². The standard InChI is InChI=1S/C4H5FN2S/c5-3-2-8-4(1-6)7-3/h2H,1,6H2. The maximum absolute atomic E-state index is 12.0. The molecule has 0 saturated heterocycles. The number of rotatable bonds is 1. The highest BCUT2D eigenvalue weighted by Gasteiger charge is 1.95. The van der Waals surface area contributed by atoms with Gasteiger partial charge >= 0.3 is 0 Å². The Balaban J connectivity index is 2.84. The van der Waals surface area contributed by atoms with Crippen LogP contribution in [0.15, 0.2) is 5.38 Å². The molecule has 1 rings (SSSR count). The van der Waals surface area contributed by atoms with Crippen molar-refractivity contribution in [1.82, 2.24) is 4.98 Å². The third kappa shape index (κ3) is 1.02. The van der Waals surface area contributed by atoms with Crippen molar-refractivity contribution in [3.63, 3.8) is 0 Å². The Morgan fingerprint density at radius 1 is 1.88 bits per heavy atom. The topological polar surface area (TPSA) is 38.9 Å². The molecule has 1 heterocycles. The highest BCUT2D eigenvalue weighted by Crippen LogP contribution is 2.05. The van der Waals surface area contributed by atoms with Gasteiger partial charge in [0.05, 0.1) is 0 Å². The smallest absolute Gasteiger partial charge is 0.223 e. The van der Waals surface area contributed by atoms with Gasteiger partial charge in [0.25, 0.3) is 0 Å². The van der Waals surface area contributed by atoms with E-state index in [0.717, 1.165) is 0 Å². The molecule has 0 atom stereocenters. The van der Waals surface area contributed by atoms with Gasteiger partial charge in [-0.1, -0.05) is 0 Å². The molecule has 1 aromatic rings. The number of hydrogen-bond donors (Lipinski definition) is 1. The van der Waals surface area contributed by atoms with Crippen LogP contribution < -0.4 is 5.73 Å². The Morgan fingerprint density at radius 3 is 2.88 bits per heavy atom. The first-order chi connectivity index (χ1) is 3.83. The zero-order chi connectivity index (χ0) is 5.98. The van der Waals surface area contributed by atoms with E-state index < -0.39 is 5.95 Å². The lowest BCUT2D eigenvalue weighted by Crippen LogP contribution is -1.94. The number of nitrogens with two attached hydrogens (primary N) is 1. The zero-order valence-electron chi connectivity index (χ0n) is 4.10. The first-order valence-corrected chi connectivity index (χ1v) is 3.01. The van der Waals surface area contributed by atoms with E-state index >= 15 is 0 Å². The van der Waals surface area contributed by atoms with Crippen LogP contribution in [0.4, 0.5) is 4.39 Å². The lowest BCUT2D eigenvalue weighted by Gasteiger charge is -1.78. The molecule has 0 radical (unpaired) electrons. The summed E-state index contributed by atoms with van der Waals surface area (Å²) in [4.78, 5) is 3.46. The van der Waals surface area contributed by atoms with Crippen molar-refractivity contribution in [2.24, 2.45) is 5.73 Å². The van der Waals surface area contributed by atoms with Crippen molar-refractivity contribution < 1.29 is 4.39 Å². The minimum atomic E-state index is -0.435. The van der Waals surface area contributed by atoms with Crippen LogP contribution in [0.3, 0.4) is 0 Å². The van der Waals surface area contributed by atoms with Gasteiger partial charge < -0.3 is 5.73 Å². The van der Waals surface area contributed by atoms with Crippen LogP contribution in [0.25, 0.3) is 0 Å². The highest BCUT2D eigenvalue weighted by atomic mass is 32.1. The Morgan fingerprint density at radius 2 is 2.62 bits per heavy atom. The summed E-state index contributed by atoms with van der Waals surface area (Å²) in [5, 5.41) is 1.98. The van der Waals surface area contributed by atoms with Crippen molar-refractivity contribution in [3.05, 3.63) is 16.3 Å². The van der Waals surface area contributed by atoms with Gasteiger partial charge in [-0.2, -0.15) is 4.39 Å². The molecule has 0 aliphatic heterocycles. The molecule has 0 unspecified atom stereocenters. The van der Waals surface area contributed by atoms with Crippen LogP contribution in [0.1, 0.15) is 5.01 Å². The lowest BCUT2D eigenvalue weighted by molar-refractivity contribution is 0.587. The van der Waals surface area contributed by atoms with Gasteiger partial charge in [-0.05, 0) is 0 Å². The van der Waals surface area contributed by atoms with Gasteiger partial charge in [-0.3, -0.25) is 0 Å². The average Bonchev–Trinajstić information content (AvgIpc) is 2.14. The van der Waals surface area contributed by atoms with Crippen molar-refractivity contribution in [2.75, 3.05) is 0 Å². The van der Waals surface area contributed by atoms with Gasteiger partial charge in [-0.15, -0.1) is 11.3 Å². The number of halogens is 1. The first-order valence-electron chi connectivity index (χ1n) is 2.13. The predicted octanol–water partition coefficient (Wildman–Crippen LogP) is 0.741. The zero-order valence-corrected chi connectivity index (χ0v) is 4.91. The summed E-state index contributed by atoms with van der Waals surface area (Å²) in [6.45, 7) is 0.328. The Labute approximate surface area is 50.2 Å².